The Hall–Kier alpha value is -2.06. The van der Waals surface area contributed by atoms with Crippen LogP contribution in [-0.4, -0.2) is 34.4 Å². The second-order valence-corrected chi connectivity index (χ2v) is 6.87. The summed E-state index contributed by atoms with van der Waals surface area (Å²) in [5.41, 5.74) is 0.720. The van der Waals surface area contributed by atoms with E-state index in [0.717, 1.165) is 5.69 Å². The van der Waals surface area contributed by atoms with Gasteiger partial charge < -0.3 is 4.74 Å². The van der Waals surface area contributed by atoms with Crippen molar-refractivity contribution in [1.82, 2.24) is 14.8 Å². The number of thiazole rings is 1. The SMILES string of the molecule is COCCn1nc(C(=O)Nc2nc(C(C)(C)C)cs2)ccc1=O. The Balaban J connectivity index is 2.14. The zero-order valence-corrected chi connectivity index (χ0v) is 14.4. The van der Waals surface area contributed by atoms with Crippen molar-refractivity contribution in [2.24, 2.45) is 0 Å². The molecule has 2 aromatic rings. The zero-order valence-electron chi connectivity index (χ0n) is 13.6. The predicted octanol–water partition coefficient (Wildman–Crippen LogP) is 1.90. The number of nitrogens with one attached hydrogen (secondary N) is 1. The lowest BCUT2D eigenvalue weighted by molar-refractivity contribution is 0.101. The Morgan fingerprint density at radius 2 is 2.13 bits per heavy atom. The summed E-state index contributed by atoms with van der Waals surface area (Å²) < 4.78 is 6.13. The topological polar surface area (TPSA) is 86.1 Å². The molecular formula is C15H20N4O3S. The molecular weight excluding hydrogens is 316 g/mol. The molecule has 0 fully saturated rings. The standard InChI is InChI=1S/C15H20N4O3S/c1-15(2,3)11-9-23-14(16-11)17-13(21)10-5-6-12(20)19(18-10)7-8-22-4/h5-6,9H,7-8H2,1-4H3,(H,16,17,21). The van der Waals surface area contributed by atoms with Gasteiger partial charge in [-0.3, -0.25) is 14.9 Å². The van der Waals surface area contributed by atoms with E-state index in [1.807, 2.05) is 5.38 Å². The summed E-state index contributed by atoms with van der Waals surface area (Å²) in [5.74, 6) is -0.397. The van der Waals surface area contributed by atoms with Crippen LogP contribution in [0.2, 0.25) is 0 Å². The minimum atomic E-state index is -0.397. The molecule has 7 nitrogen and oxygen atoms in total. The molecule has 124 valence electrons. The van der Waals surface area contributed by atoms with Crippen molar-refractivity contribution >= 4 is 22.4 Å². The molecule has 0 saturated carbocycles. The van der Waals surface area contributed by atoms with Crippen molar-refractivity contribution < 1.29 is 9.53 Å². The molecule has 0 aliphatic carbocycles. The highest BCUT2D eigenvalue weighted by Crippen LogP contribution is 2.26. The van der Waals surface area contributed by atoms with Gasteiger partial charge in [0.05, 0.1) is 18.8 Å². The van der Waals surface area contributed by atoms with Gasteiger partial charge in [0.1, 0.15) is 5.69 Å². The van der Waals surface area contributed by atoms with E-state index in [1.54, 1.807) is 0 Å². The van der Waals surface area contributed by atoms with Crippen LogP contribution in [0.5, 0.6) is 0 Å². The molecule has 0 unspecified atom stereocenters. The molecule has 2 rings (SSSR count). The van der Waals surface area contributed by atoms with E-state index in [-0.39, 0.29) is 16.7 Å². The van der Waals surface area contributed by atoms with Gasteiger partial charge in [0.25, 0.3) is 11.5 Å². The number of amides is 1. The van der Waals surface area contributed by atoms with Gasteiger partial charge >= 0.3 is 0 Å². The molecule has 2 aromatic heterocycles. The number of nitrogens with zero attached hydrogens (tertiary/aromatic N) is 3. The fourth-order valence-electron chi connectivity index (χ4n) is 1.74. The number of ether oxygens (including phenoxy) is 1. The summed E-state index contributed by atoms with van der Waals surface area (Å²) in [4.78, 5) is 28.3. The van der Waals surface area contributed by atoms with Crippen molar-refractivity contribution in [3.63, 3.8) is 0 Å². The van der Waals surface area contributed by atoms with Crippen LogP contribution in [0.15, 0.2) is 22.3 Å². The number of methoxy groups -OCH3 is 1. The van der Waals surface area contributed by atoms with Crippen molar-refractivity contribution in [3.8, 4) is 0 Å². The average molecular weight is 336 g/mol. The lowest BCUT2D eigenvalue weighted by Gasteiger charge is -2.14. The Labute approximate surface area is 138 Å². The highest BCUT2D eigenvalue weighted by molar-refractivity contribution is 7.14. The first-order chi connectivity index (χ1) is 10.8. The molecule has 0 bridgehead atoms. The van der Waals surface area contributed by atoms with E-state index in [9.17, 15) is 9.59 Å². The lowest BCUT2D eigenvalue weighted by atomic mass is 9.93. The fraction of sp³-hybridized carbons (Fsp3) is 0.467. The lowest BCUT2D eigenvalue weighted by Crippen LogP contribution is -2.27. The second kappa shape index (κ2) is 7.01. The molecule has 1 amide bonds. The summed E-state index contributed by atoms with van der Waals surface area (Å²) >= 11 is 1.36. The van der Waals surface area contributed by atoms with Gasteiger partial charge in [-0.2, -0.15) is 5.10 Å². The molecule has 0 radical (unpaired) electrons. The molecule has 1 N–H and O–H groups in total. The Morgan fingerprint density at radius 1 is 1.39 bits per heavy atom. The van der Waals surface area contributed by atoms with Gasteiger partial charge in [-0.1, -0.05) is 20.8 Å². The Bertz CT molecular complexity index is 746. The normalized spacial score (nSPS) is 11.5. The van der Waals surface area contributed by atoms with E-state index >= 15 is 0 Å². The zero-order chi connectivity index (χ0) is 17.0. The van der Waals surface area contributed by atoms with Crippen LogP contribution < -0.4 is 10.9 Å². The number of rotatable bonds is 5. The first kappa shape index (κ1) is 17.3. The quantitative estimate of drug-likeness (QED) is 0.901. The number of anilines is 1. The highest BCUT2D eigenvalue weighted by Gasteiger charge is 2.19. The van der Waals surface area contributed by atoms with Crippen LogP contribution in [0, 0.1) is 0 Å². The average Bonchev–Trinajstić information content (AvgIpc) is 2.95. The van der Waals surface area contributed by atoms with Crippen LogP contribution in [0.25, 0.3) is 0 Å². The molecule has 0 aliphatic heterocycles. The summed E-state index contributed by atoms with van der Waals surface area (Å²) in [5, 5.41) is 9.19. The third-order valence-electron chi connectivity index (χ3n) is 3.10. The Morgan fingerprint density at radius 3 is 2.74 bits per heavy atom. The van der Waals surface area contributed by atoms with Crippen LogP contribution in [0.4, 0.5) is 5.13 Å². The smallest absolute Gasteiger partial charge is 0.277 e. The first-order valence-corrected chi connectivity index (χ1v) is 8.03. The van der Waals surface area contributed by atoms with Crippen LogP contribution >= 0.6 is 11.3 Å². The molecule has 0 atom stereocenters. The maximum absolute atomic E-state index is 12.3. The molecule has 8 heteroatoms. The van der Waals surface area contributed by atoms with E-state index in [4.69, 9.17) is 4.74 Å². The van der Waals surface area contributed by atoms with Crippen LogP contribution in [0.1, 0.15) is 37.0 Å². The molecule has 0 aromatic carbocycles. The summed E-state index contributed by atoms with van der Waals surface area (Å²) in [7, 11) is 1.54. The van der Waals surface area contributed by atoms with Crippen molar-refractivity contribution in [1.29, 1.82) is 0 Å². The third-order valence-corrected chi connectivity index (χ3v) is 3.86. The van der Waals surface area contributed by atoms with Gasteiger partial charge in [-0.05, 0) is 6.07 Å². The van der Waals surface area contributed by atoms with Gasteiger partial charge in [0.2, 0.25) is 0 Å². The largest absolute Gasteiger partial charge is 0.383 e. The van der Waals surface area contributed by atoms with Gasteiger partial charge in [-0.25, -0.2) is 9.67 Å². The maximum atomic E-state index is 12.3. The number of aromatic nitrogens is 3. The first-order valence-electron chi connectivity index (χ1n) is 7.16. The minimum absolute atomic E-state index is 0.0783. The van der Waals surface area contributed by atoms with E-state index < -0.39 is 5.91 Å². The van der Waals surface area contributed by atoms with Crippen molar-refractivity contribution in [2.75, 3.05) is 19.0 Å². The number of hydrogen-bond donors (Lipinski definition) is 1. The maximum Gasteiger partial charge on any atom is 0.277 e. The summed E-state index contributed by atoms with van der Waals surface area (Å²) in [6.07, 6.45) is 0. The predicted molar refractivity (Wildman–Crippen MR) is 89.1 cm³/mol. The van der Waals surface area contributed by atoms with Crippen LogP contribution in [-0.2, 0) is 16.7 Å². The summed E-state index contributed by atoms with van der Waals surface area (Å²) in [6.45, 7) is 6.81. The Kier molecular flexibility index (Phi) is 5.27. The number of hydrogen-bond acceptors (Lipinski definition) is 6. The van der Waals surface area contributed by atoms with Crippen molar-refractivity contribution in [2.45, 2.75) is 32.7 Å². The molecule has 0 aliphatic rings. The van der Waals surface area contributed by atoms with Gasteiger partial charge in [0.15, 0.2) is 5.13 Å². The fourth-order valence-corrected chi connectivity index (χ4v) is 2.68. The van der Waals surface area contributed by atoms with Gasteiger partial charge in [0, 0.05) is 24.0 Å². The van der Waals surface area contributed by atoms with Crippen LogP contribution in [0.3, 0.4) is 0 Å². The van der Waals surface area contributed by atoms with E-state index in [0.29, 0.717) is 18.3 Å². The summed E-state index contributed by atoms with van der Waals surface area (Å²) in [6, 6.07) is 2.72. The van der Waals surface area contributed by atoms with E-state index in [1.165, 1.54) is 35.3 Å². The molecule has 0 saturated heterocycles. The second-order valence-electron chi connectivity index (χ2n) is 6.01. The minimum Gasteiger partial charge on any atom is -0.383 e. The van der Waals surface area contributed by atoms with E-state index in [2.05, 4.69) is 36.2 Å². The molecule has 2 heterocycles. The molecule has 23 heavy (non-hydrogen) atoms. The monoisotopic (exact) mass is 336 g/mol. The number of carbonyl (C=O) groups excluding carboxylic acids is 1. The highest BCUT2D eigenvalue weighted by atomic mass is 32.1. The van der Waals surface area contributed by atoms with Crippen molar-refractivity contribution in [3.05, 3.63) is 39.3 Å². The number of carbonyl (C=O) groups is 1. The molecule has 0 spiro atoms. The van der Waals surface area contributed by atoms with Gasteiger partial charge in [-0.15, -0.1) is 11.3 Å². The third kappa shape index (κ3) is 4.46.